The second kappa shape index (κ2) is 4.87. The second-order valence-electron chi connectivity index (χ2n) is 4.06. The first kappa shape index (κ1) is 12.1. The first-order valence-electron chi connectivity index (χ1n) is 5.50. The molecule has 1 aromatic rings. The van der Waals surface area contributed by atoms with E-state index >= 15 is 0 Å². The maximum Gasteiger partial charge on any atom is 0.409 e. The monoisotopic (exact) mass is 248 g/mol. The van der Waals surface area contributed by atoms with Gasteiger partial charge in [0.2, 0.25) is 11.8 Å². The number of imide groups is 1. The van der Waals surface area contributed by atoms with Crippen molar-refractivity contribution in [3.8, 4) is 0 Å². The molecule has 1 aliphatic rings. The highest BCUT2D eigenvalue weighted by Gasteiger charge is 2.27. The van der Waals surface area contributed by atoms with Gasteiger partial charge < -0.3 is 5.11 Å². The minimum absolute atomic E-state index is 0.268. The van der Waals surface area contributed by atoms with Gasteiger partial charge in [-0.1, -0.05) is 12.1 Å². The average Bonchev–Trinajstić information content (AvgIpc) is 2.28. The molecule has 1 heterocycles. The van der Waals surface area contributed by atoms with Gasteiger partial charge in [-0.25, -0.2) is 4.79 Å². The van der Waals surface area contributed by atoms with Crippen molar-refractivity contribution in [2.75, 3.05) is 5.32 Å². The molecule has 94 valence electrons. The minimum Gasteiger partial charge on any atom is -0.465 e. The zero-order valence-electron chi connectivity index (χ0n) is 9.47. The smallest absolute Gasteiger partial charge is 0.409 e. The summed E-state index contributed by atoms with van der Waals surface area (Å²) in [6, 6.07) is 6.62. The molecule has 1 atom stereocenters. The third-order valence-electron chi connectivity index (χ3n) is 2.78. The standard InChI is InChI=1S/C12H12N2O4/c15-10-5-4-9(11(16)14-10)7-2-1-3-8(6-7)13-12(17)18/h1-3,6,9,13H,4-5H2,(H,17,18)(H,14,15,16). The molecule has 6 nitrogen and oxygen atoms in total. The van der Waals surface area contributed by atoms with Crippen LogP contribution in [-0.2, 0) is 9.59 Å². The van der Waals surface area contributed by atoms with E-state index in [0.29, 0.717) is 24.1 Å². The van der Waals surface area contributed by atoms with Gasteiger partial charge in [0, 0.05) is 12.1 Å². The van der Waals surface area contributed by atoms with Gasteiger partial charge in [0.15, 0.2) is 0 Å². The first-order chi connectivity index (χ1) is 8.56. The Bertz CT molecular complexity index is 513. The summed E-state index contributed by atoms with van der Waals surface area (Å²) in [6.45, 7) is 0. The molecule has 0 bridgehead atoms. The Morgan fingerprint density at radius 3 is 2.83 bits per heavy atom. The van der Waals surface area contributed by atoms with Crippen molar-refractivity contribution in [1.29, 1.82) is 0 Å². The number of hydrogen-bond acceptors (Lipinski definition) is 3. The predicted molar refractivity (Wildman–Crippen MR) is 63.2 cm³/mol. The zero-order valence-corrected chi connectivity index (χ0v) is 9.47. The van der Waals surface area contributed by atoms with E-state index in [-0.39, 0.29) is 11.8 Å². The highest BCUT2D eigenvalue weighted by molar-refractivity contribution is 6.01. The van der Waals surface area contributed by atoms with Crippen LogP contribution in [0.4, 0.5) is 10.5 Å². The Balaban J connectivity index is 2.20. The quantitative estimate of drug-likeness (QED) is 0.687. The molecule has 0 saturated carbocycles. The van der Waals surface area contributed by atoms with Crippen molar-refractivity contribution in [2.24, 2.45) is 0 Å². The van der Waals surface area contributed by atoms with Crippen molar-refractivity contribution >= 4 is 23.6 Å². The number of amides is 3. The maximum atomic E-state index is 11.7. The van der Waals surface area contributed by atoms with Crippen molar-refractivity contribution < 1.29 is 19.5 Å². The lowest BCUT2D eigenvalue weighted by molar-refractivity contribution is -0.134. The van der Waals surface area contributed by atoms with Gasteiger partial charge >= 0.3 is 6.09 Å². The van der Waals surface area contributed by atoms with E-state index in [9.17, 15) is 14.4 Å². The molecule has 3 amide bonds. The molecule has 0 aromatic heterocycles. The third-order valence-corrected chi connectivity index (χ3v) is 2.78. The molecule has 0 aliphatic carbocycles. The summed E-state index contributed by atoms with van der Waals surface area (Å²) >= 11 is 0. The average molecular weight is 248 g/mol. The summed E-state index contributed by atoms with van der Waals surface area (Å²) in [5.41, 5.74) is 1.11. The van der Waals surface area contributed by atoms with Crippen LogP contribution in [0.1, 0.15) is 24.3 Å². The summed E-state index contributed by atoms with van der Waals surface area (Å²) in [7, 11) is 0. The van der Waals surface area contributed by atoms with Gasteiger partial charge in [-0.3, -0.25) is 20.2 Å². The first-order valence-corrected chi connectivity index (χ1v) is 5.50. The van der Waals surface area contributed by atoms with Crippen molar-refractivity contribution in [3.05, 3.63) is 29.8 Å². The highest BCUT2D eigenvalue weighted by atomic mass is 16.4. The van der Waals surface area contributed by atoms with Crippen LogP contribution in [0.2, 0.25) is 0 Å². The topological polar surface area (TPSA) is 95.5 Å². The van der Waals surface area contributed by atoms with Crippen LogP contribution in [0.5, 0.6) is 0 Å². The van der Waals surface area contributed by atoms with Crippen LogP contribution in [0.15, 0.2) is 24.3 Å². The zero-order chi connectivity index (χ0) is 13.1. The van der Waals surface area contributed by atoms with Gasteiger partial charge in [-0.2, -0.15) is 0 Å². The lowest BCUT2D eigenvalue weighted by Gasteiger charge is -2.21. The van der Waals surface area contributed by atoms with Crippen molar-refractivity contribution in [3.63, 3.8) is 0 Å². The van der Waals surface area contributed by atoms with Gasteiger partial charge in [0.25, 0.3) is 0 Å². The number of benzene rings is 1. The van der Waals surface area contributed by atoms with E-state index in [1.165, 1.54) is 0 Å². The number of hydrogen-bond donors (Lipinski definition) is 3. The summed E-state index contributed by atoms with van der Waals surface area (Å²) in [4.78, 5) is 33.2. The third kappa shape index (κ3) is 2.65. The van der Waals surface area contributed by atoms with E-state index in [1.807, 2.05) is 0 Å². The maximum absolute atomic E-state index is 11.7. The molecule has 1 fully saturated rings. The van der Waals surface area contributed by atoms with Gasteiger partial charge in [-0.15, -0.1) is 0 Å². The molecular weight excluding hydrogens is 236 g/mol. The fraction of sp³-hybridized carbons (Fsp3) is 0.250. The summed E-state index contributed by atoms with van der Waals surface area (Å²) in [5, 5.41) is 13.1. The molecule has 1 unspecified atom stereocenters. The molecule has 0 radical (unpaired) electrons. The molecular formula is C12H12N2O4. The van der Waals surface area contributed by atoms with E-state index in [4.69, 9.17) is 5.11 Å². The minimum atomic E-state index is -1.16. The van der Waals surface area contributed by atoms with Gasteiger partial charge in [-0.05, 0) is 24.1 Å². The lowest BCUT2D eigenvalue weighted by Crippen LogP contribution is -2.39. The Labute approximate surface area is 103 Å². The molecule has 1 saturated heterocycles. The Kier molecular flexibility index (Phi) is 3.27. The number of carbonyl (C=O) groups excluding carboxylic acids is 2. The van der Waals surface area contributed by atoms with Crippen LogP contribution in [0.3, 0.4) is 0 Å². The molecule has 6 heteroatoms. The van der Waals surface area contributed by atoms with Crippen LogP contribution < -0.4 is 10.6 Å². The summed E-state index contributed by atoms with van der Waals surface area (Å²) in [5.74, 6) is -1.01. The van der Waals surface area contributed by atoms with Crippen LogP contribution >= 0.6 is 0 Å². The molecule has 1 aliphatic heterocycles. The van der Waals surface area contributed by atoms with E-state index in [2.05, 4.69) is 10.6 Å². The van der Waals surface area contributed by atoms with Crippen LogP contribution in [0, 0.1) is 0 Å². The Morgan fingerprint density at radius 1 is 1.39 bits per heavy atom. The Morgan fingerprint density at radius 2 is 2.17 bits per heavy atom. The molecule has 2 rings (SSSR count). The van der Waals surface area contributed by atoms with Crippen LogP contribution in [-0.4, -0.2) is 23.0 Å². The number of piperidine rings is 1. The fourth-order valence-electron chi connectivity index (χ4n) is 1.97. The molecule has 3 N–H and O–H groups in total. The number of carboxylic acid groups (broad SMARTS) is 1. The largest absolute Gasteiger partial charge is 0.465 e. The number of nitrogens with one attached hydrogen (secondary N) is 2. The van der Waals surface area contributed by atoms with Gasteiger partial charge in [0.05, 0.1) is 5.92 Å². The summed E-state index contributed by atoms with van der Waals surface area (Å²) < 4.78 is 0. The highest BCUT2D eigenvalue weighted by Crippen LogP contribution is 2.26. The fourth-order valence-corrected chi connectivity index (χ4v) is 1.97. The number of anilines is 1. The van der Waals surface area contributed by atoms with E-state index < -0.39 is 12.0 Å². The molecule has 1 aromatic carbocycles. The van der Waals surface area contributed by atoms with Crippen molar-refractivity contribution in [1.82, 2.24) is 5.32 Å². The predicted octanol–water partition coefficient (Wildman–Crippen LogP) is 1.30. The normalized spacial score (nSPS) is 19.2. The second-order valence-corrected chi connectivity index (χ2v) is 4.06. The Hall–Kier alpha value is -2.37. The van der Waals surface area contributed by atoms with E-state index in [1.54, 1.807) is 24.3 Å². The SMILES string of the molecule is O=C(O)Nc1cccc(C2CCC(=O)NC2=O)c1. The van der Waals surface area contributed by atoms with Crippen LogP contribution in [0.25, 0.3) is 0 Å². The molecule has 0 spiro atoms. The lowest BCUT2D eigenvalue weighted by atomic mass is 9.90. The number of carbonyl (C=O) groups is 3. The summed E-state index contributed by atoms with van der Waals surface area (Å²) in [6.07, 6.45) is -0.413. The molecule has 18 heavy (non-hydrogen) atoms. The van der Waals surface area contributed by atoms with Gasteiger partial charge in [0.1, 0.15) is 0 Å². The van der Waals surface area contributed by atoms with Crippen molar-refractivity contribution in [2.45, 2.75) is 18.8 Å². The number of rotatable bonds is 2. The van der Waals surface area contributed by atoms with E-state index in [0.717, 1.165) is 0 Å².